The summed E-state index contributed by atoms with van der Waals surface area (Å²) in [5.41, 5.74) is 0. The zero-order valence-corrected chi connectivity index (χ0v) is 14.4. The molecule has 23 heavy (non-hydrogen) atoms. The van der Waals surface area contributed by atoms with E-state index in [-0.39, 0.29) is 18.4 Å². The largest absolute Gasteiger partial charge is 0.481 e. The molecule has 1 amide bonds. The second-order valence-corrected chi connectivity index (χ2v) is 7.36. The summed E-state index contributed by atoms with van der Waals surface area (Å²) in [6, 6.07) is -0.105. The molecule has 1 heterocycles. The number of amides is 1. The third-order valence-electron chi connectivity index (χ3n) is 5.53. The first-order valence-electron chi connectivity index (χ1n) is 9.30. The third-order valence-corrected chi connectivity index (χ3v) is 5.53. The predicted molar refractivity (Wildman–Crippen MR) is 90.2 cm³/mol. The van der Waals surface area contributed by atoms with E-state index >= 15 is 0 Å². The minimum absolute atomic E-state index is 0.105. The summed E-state index contributed by atoms with van der Waals surface area (Å²) in [4.78, 5) is 25.4. The fourth-order valence-corrected chi connectivity index (χ4v) is 3.96. The number of carboxylic acids is 1. The van der Waals surface area contributed by atoms with Gasteiger partial charge in [-0.3, -0.25) is 14.5 Å². The maximum absolute atomic E-state index is 12.4. The number of carboxylic acid groups (broad SMARTS) is 1. The van der Waals surface area contributed by atoms with Crippen LogP contribution in [0.1, 0.15) is 64.7 Å². The average Bonchev–Trinajstić information content (AvgIpc) is 2.58. The highest BCUT2D eigenvalue weighted by Gasteiger charge is 2.28. The number of carbonyl (C=O) groups is 2. The summed E-state index contributed by atoms with van der Waals surface area (Å²) in [6.45, 7) is 4.60. The molecule has 1 aliphatic heterocycles. The van der Waals surface area contributed by atoms with Crippen LogP contribution in [-0.2, 0) is 9.59 Å². The Morgan fingerprint density at radius 1 is 1.13 bits per heavy atom. The zero-order chi connectivity index (χ0) is 16.7. The van der Waals surface area contributed by atoms with Crippen LogP contribution in [0.4, 0.5) is 0 Å². The Balaban J connectivity index is 1.73. The number of hydrogen-bond acceptors (Lipinski definition) is 3. The summed E-state index contributed by atoms with van der Waals surface area (Å²) in [6.07, 6.45) is 9.53. The second-order valence-electron chi connectivity index (χ2n) is 7.36. The maximum atomic E-state index is 12.4. The van der Waals surface area contributed by atoms with Crippen LogP contribution in [-0.4, -0.2) is 47.6 Å². The minimum Gasteiger partial charge on any atom is -0.481 e. The molecule has 0 aromatic heterocycles. The summed E-state index contributed by atoms with van der Waals surface area (Å²) in [5, 5.41) is 12.0. The summed E-state index contributed by atoms with van der Waals surface area (Å²) in [7, 11) is 0. The Bertz CT molecular complexity index is 394. The molecule has 1 saturated heterocycles. The second kappa shape index (κ2) is 9.26. The topological polar surface area (TPSA) is 69.6 Å². The molecule has 2 unspecified atom stereocenters. The van der Waals surface area contributed by atoms with Gasteiger partial charge < -0.3 is 10.4 Å². The van der Waals surface area contributed by atoms with Gasteiger partial charge in [0.2, 0.25) is 5.91 Å². The van der Waals surface area contributed by atoms with Crippen LogP contribution in [0.5, 0.6) is 0 Å². The lowest BCUT2D eigenvalue weighted by Gasteiger charge is -2.36. The highest BCUT2D eigenvalue weighted by Crippen LogP contribution is 2.24. The Labute approximate surface area is 139 Å². The van der Waals surface area contributed by atoms with E-state index in [0.717, 1.165) is 38.9 Å². The molecule has 2 N–H and O–H groups in total. The first-order valence-corrected chi connectivity index (χ1v) is 9.30. The Kier molecular flexibility index (Phi) is 7.34. The van der Waals surface area contributed by atoms with Crippen LogP contribution < -0.4 is 5.32 Å². The third kappa shape index (κ3) is 6.13. The van der Waals surface area contributed by atoms with E-state index in [9.17, 15) is 9.59 Å². The highest BCUT2D eigenvalue weighted by atomic mass is 16.4. The van der Waals surface area contributed by atoms with Gasteiger partial charge in [0.25, 0.3) is 0 Å². The molecular formula is C18H32N2O3. The predicted octanol–water partition coefficient (Wildman–Crippen LogP) is 2.65. The quantitative estimate of drug-likeness (QED) is 0.755. The van der Waals surface area contributed by atoms with Gasteiger partial charge in [-0.1, -0.05) is 19.3 Å². The minimum atomic E-state index is -0.722. The standard InChI is InChI=1S/C18H32N2O3/c1-14(18(23)19-12-15-6-3-2-4-7-15)20-11-5-8-16(13-20)9-10-17(21)22/h14-16H,2-13H2,1H3,(H,19,23)(H,21,22). The maximum Gasteiger partial charge on any atom is 0.303 e. The fourth-order valence-electron chi connectivity index (χ4n) is 3.96. The molecule has 0 aromatic rings. The van der Waals surface area contributed by atoms with Crippen LogP contribution >= 0.6 is 0 Å². The molecule has 132 valence electrons. The lowest BCUT2D eigenvalue weighted by molar-refractivity contribution is -0.137. The van der Waals surface area contributed by atoms with Gasteiger partial charge in [-0.15, -0.1) is 0 Å². The van der Waals surface area contributed by atoms with Crippen molar-refractivity contribution in [3.05, 3.63) is 0 Å². The number of piperidine rings is 1. The van der Waals surface area contributed by atoms with E-state index < -0.39 is 5.97 Å². The van der Waals surface area contributed by atoms with Crippen LogP contribution in [0.25, 0.3) is 0 Å². The van der Waals surface area contributed by atoms with E-state index in [1.807, 2.05) is 6.92 Å². The van der Waals surface area contributed by atoms with Gasteiger partial charge in [0, 0.05) is 19.5 Å². The molecule has 5 heteroatoms. The first kappa shape index (κ1) is 18.2. The Morgan fingerprint density at radius 2 is 1.83 bits per heavy atom. The number of nitrogens with zero attached hydrogens (tertiary/aromatic N) is 1. The Hall–Kier alpha value is -1.10. The molecular weight excluding hydrogens is 292 g/mol. The van der Waals surface area contributed by atoms with E-state index in [2.05, 4.69) is 10.2 Å². The van der Waals surface area contributed by atoms with E-state index in [4.69, 9.17) is 5.11 Å². The first-order chi connectivity index (χ1) is 11.1. The van der Waals surface area contributed by atoms with Crippen molar-refractivity contribution in [3.63, 3.8) is 0 Å². The SMILES string of the molecule is CC(C(=O)NCC1CCCCC1)N1CCCC(CCC(=O)O)C1. The van der Waals surface area contributed by atoms with Crippen molar-refractivity contribution in [2.75, 3.05) is 19.6 Å². The van der Waals surface area contributed by atoms with Crippen molar-refractivity contribution < 1.29 is 14.7 Å². The molecule has 2 fully saturated rings. The van der Waals surface area contributed by atoms with Crippen molar-refractivity contribution >= 4 is 11.9 Å². The normalized spacial score (nSPS) is 25.0. The summed E-state index contributed by atoms with van der Waals surface area (Å²) < 4.78 is 0. The molecule has 0 spiro atoms. The highest BCUT2D eigenvalue weighted by molar-refractivity contribution is 5.81. The molecule has 0 bridgehead atoms. The molecule has 2 atom stereocenters. The van der Waals surface area contributed by atoms with Crippen LogP contribution in [0.15, 0.2) is 0 Å². The number of likely N-dealkylation sites (tertiary alicyclic amines) is 1. The molecule has 5 nitrogen and oxygen atoms in total. The van der Waals surface area contributed by atoms with Gasteiger partial charge in [0.15, 0.2) is 0 Å². The molecule has 0 radical (unpaired) electrons. The van der Waals surface area contributed by atoms with Gasteiger partial charge in [-0.05, 0) is 57.4 Å². The molecule has 1 saturated carbocycles. The van der Waals surface area contributed by atoms with Gasteiger partial charge in [0.1, 0.15) is 0 Å². The Morgan fingerprint density at radius 3 is 2.52 bits per heavy atom. The fraction of sp³-hybridized carbons (Fsp3) is 0.889. The summed E-state index contributed by atoms with van der Waals surface area (Å²) >= 11 is 0. The number of rotatable bonds is 7. The lowest BCUT2D eigenvalue weighted by atomic mass is 9.89. The van der Waals surface area contributed by atoms with Gasteiger partial charge in [0.05, 0.1) is 6.04 Å². The summed E-state index contributed by atoms with van der Waals surface area (Å²) in [5.74, 6) is 0.480. The van der Waals surface area contributed by atoms with Gasteiger partial charge in [-0.25, -0.2) is 0 Å². The van der Waals surface area contributed by atoms with Gasteiger partial charge >= 0.3 is 5.97 Å². The van der Waals surface area contributed by atoms with Crippen LogP contribution in [0.3, 0.4) is 0 Å². The van der Waals surface area contributed by atoms with Crippen molar-refractivity contribution in [1.82, 2.24) is 10.2 Å². The number of carbonyl (C=O) groups excluding carboxylic acids is 1. The molecule has 0 aromatic carbocycles. The van der Waals surface area contributed by atoms with Crippen molar-refractivity contribution in [2.24, 2.45) is 11.8 Å². The molecule has 1 aliphatic carbocycles. The van der Waals surface area contributed by atoms with E-state index in [1.54, 1.807) is 0 Å². The molecule has 2 aliphatic rings. The molecule has 2 rings (SSSR count). The van der Waals surface area contributed by atoms with Crippen molar-refractivity contribution in [3.8, 4) is 0 Å². The number of aliphatic carboxylic acids is 1. The van der Waals surface area contributed by atoms with Gasteiger partial charge in [-0.2, -0.15) is 0 Å². The van der Waals surface area contributed by atoms with E-state index in [0.29, 0.717) is 11.8 Å². The van der Waals surface area contributed by atoms with Crippen molar-refractivity contribution in [2.45, 2.75) is 70.8 Å². The van der Waals surface area contributed by atoms with E-state index in [1.165, 1.54) is 32.1 Å². The number of hydrogen-bond donors (Lipinski definition) is 2. The monoisotopic (exact) mass is 324 g/mol. The van der Waals surface area contributed by atoms with Crippen molar-refractivity contribution in [1.29, 1.82) is 0 Å². The zero-order valence-electron chi connectivity index (χ0n) is 14.4. The average molecular weight is 324 g/mol. The number of nitrogens with one attached hydrogen (secondary N) is 1. The van der Waals surface area contributed by atoms with Crippen LogP contribution in [0.2, 0.25) is 0 Å². The smallest absolute Gasteiger partial charge is 0.303 e. The van der Waals surface area contributed by atoms with Crippen LogP contribution in [0, 0.1) is 11.8 Å². The lowest BCUT2D eigenvalue weighted by Crippen LogP contribution is -2.49.